The Labute approximate surface area is 174 Å². The maximum absolute atomic E-state index is 13.3. The molecule has 0 aliphatic carbocycles. The fraction of sp³-hybridized carbons (Fsp3) is 0.200. The van der Waals surface area contributed by atoms with Gasteiger partial charge in [0.25, 0.3) is 0 Å². The van der Waals surface area contributed by atoms with Crippen molar-refractivity contribution in [2.45, 2.75) is 25.3 Å². The fourth-order valence-corrected chi connectivity index (χ4v) is 4.28. The van der Waals surface area contributed by atoms with Crippen molar-refractivity contribution in [2.75, 3.05) is 11.4 Å². The van der Waals surface area contributed by atoms with Gasteiger partial charge < -0.3 is 9.47 Å². The summed E-state index contributed by atoms with van der Waals surface area (Å²) in [5, 5.41) is 0. The zero-order valence-corrected chi connectivity index (χ0v) is 16.5. The molecule has 0 saturated carbocycles. The lowest BCUT2D eigenvalue weighted by Gasteiger charge is -2.17. The molecule has 4 nitrogen and oxygen atoms in total. The zero-order valence-electron chi connectivity index (χ0n) is 16.5. The van der Waals surface area contributed by atoms with Crippen LogP contribution in [-0.4, -0.2) is 22.0 Å². The molecule has 1 fully saturated rings. The highest BCUT2D eigenvalue weighted by molar-refractivity contribution is 5.96. The number of rotatable bonds is 5. The van der Waals surface area contributed by atoms with E-state index in [2.05, 4.69) is 34.9 Å². The van der Waals surface area contributed by atoms with E-state index in [9.17, 15) is 9.18 Å². The van der Waals surface area contributed by atoms with Crippen molar-refractivity contribution in [3.05, 3.63) is 96.1 Å². The molecule has 0 bridgehead atoms. The van der Waals surface area contributed by atoms with Crippen LogP contribution in [0, 0.1) is 5.82 Å². The summed E-state index contributed by atoms with van der Waals surface area (Å²) in [7, 11) is 0. The van der Waals surface area contributed by atoms with Crippen LogP contribution in [0.3, 0.4) is 0 Å². The van der Waals surface area contributed by atoms with E-state index in [4.69, 9.17) is 4.98 Å². The Balaban J connectivity index is 1.46. The number of hydrogen-bond donors (Lipinski definition) is 0. The molecule has 0 unspecified atom stereocenters. The van der Waals surface area contributed by atoms with E-state index < -0.39 is 0 Å². The van der Waals surface area contributed by atoms with Gasteiger partial charge in [0, 0.05) is 31.1 Å². The average Bonchev–Trinajstić information content (AvgIpc) is 3.34. The fourth-order valence-electron chi connectivity index (χ4n) is 4.28. The summed E-state index contributed by atoms with van der Waals surface area (Å²) in [5.41, 5.74) is 4.05. The number of aromatic nitrogens is 2. The van der Waals surface area contributed by atoms with Crippen LogP contribution in [0.25, 0.3) is 11.0 Å². The van der Waals surface area contributed by atoms with Gasteiger partial charge in [0.05, 0.1) is 11.0 Å². The first kappa shape index (κ1) is 18.6. The van der Waals surface area contributed by atoms with E-state index in [1.807, 2.05) is 24.3 Å². The average molecular weight is 399 g/mol. The molecule has 5 rings (SSSR count). The Morgan fingerprint density at radius 2 is 1.67 bits per heavy atom. The van der Waals surface area contributed by atoms with Crippen LogP contribution in [0.4, 0.5) is 10.1 Å². The maximum atomic E-state index is 13.3. The predicted octanol–water partition coefficient (Wildman–Crippen LogP) is 4.94. The minimum atomic E-state index is -0.301. The lowest BCUT2D eigenvalue weighted by Crippen LogP contribution is -2.24. The van der Waals surface area contributed by atoms with Crippen molar-refractivity contribution in [3.8, 4) is 0 Å². The summed E-state index contributed by atoms with van der Waals surface area (Å²) < 4.78 is 15.5. The van der Waals surface area contributed by atoms with Gasteiger partial charge in [-0.25, -0.2) is 9.37 Å². The number of nitrogens with zero attached hydrogens (tertiary/aromatic N) is 3. The minimum absolute atomic E-state index is 0.00530. The number of imidazole rings is 1. The third-order valence-corrected chi connectivity index (χ3v) is 5.78. The maximum Gasteiger partial charge on any atom is 0.227 e. The predicted molar refractivity (Wildman–Crippen MR) is 116 cm³/mol. The first-order valence-electron chi connectivity index (χ1n) is 10.2. The molecule has 1 saturated heterocycles. The second-order valence-corrected chi connectivity index (χ2v) is 7.73. The number of aryl methyl sites for hydroxylation is 2. The van der Waals surface area contributed by atoms with Crippen molar-refractivity contribution in [1.82, 2.24) is 9.55 Å². The summed E-state index contributed by atoms with van der Waals surface area (Å²) >= 11 is 0. The van der Waals surface area contributed by atoms with Gasteiger partial charge in [-0.15, -0.1) is 0 Å². The van der Waals surface area contributed by atoms with Gasteiger partial charge in [-0.1, -0.05) is 42.5 Å². The zero-order chi connectivity index (χ0) is 20.5. The number of fused-ring (bicyclic) bond motifs is 1. The highest BCUT2D eigenvalue weighted by Gasteiger charge is 2.34. The summed E-state index contributed by atoms with van der Waals surface area (Å²) in [6, 6.07) is 24.6. The summed E-state index contributed by atoms with van der Waals surface area (Å²) in [5.74, 6) is 0.703. The first-order chi connectivity index (χ1) is 14.7. The van der Waals surface area contributed by atoms with Gasteiger partial charge in [-0.2, -0.15) is 0 Å². The first-order valence-corrected chi connectivity index (χ1v) is 10.2. The molecule has 0 spiro atoms. The Morgan fingerprint density at radius 1 is 0.933 bits per heavy atom. The number of benzene rings is 3. The summed E-state index contributed by atoms with van der Waals surface area (Å²) in [6.45, 7) is 1.36. The van der Waals surface area contributed by atoms with Gasteiger partial charge in [-0.3, -0.25) is 4.79 Å². The molecular weight excluding hydrogens is 377 g/mol. The molecule has 3 aromatic carbocycles. The van der Waals surface area contributed by atoms with Crippen LogP contribution in [0.1, 0.15) is 23.7 Å². The van der Waals surface area contributed by atoms with Crippen molar-refractivity contribution in [1.29, 1.82) is 0 Å². The molecular formula is C25H22FN3O. The molecule has 1 aliphatic heterocycles. The van der Waals surface area contributed by atoms with Crippen LogP contribution >= 0.6 is 0 Å². The van der Waals surface area contributed by atoms with E-state index in [-0.39, 0.29) is 17.6 Å². The highest BCUT2D eigenvalue weighted by Crippen LogP contribution is 2.33. The van der Waals surface area contributed by atoms with Crippen LogP contribution < -0.4 is 4.90 Å². The minimum Gasteiger partial charge on any atom is -0.327 e. The molecule has 1 aromatic heterocycles. The van der Waals surface area contributed by atoms with E-state index in [0.29, 0.717) is 13.0 Å². The van der Waals surface area contributed by atoms with Crippen molar-refractivity contribution in [3.63, 3.8) is 0 Å². The molecule has 4 aromatic rings. The van der Waals surface area contributed by atoms with Crippen LogP contribution in [0.15, 0.2) is 78.9 Å². The van der Waals surface area contributed by atoms with Crippen molar-refractivity contribution < 1.29 is 9.18 Å². The smallest absolute Gasteiger partial charge is 0.227 e. The lowest BCUT2D eigenvalue weighted by atomic mass is 10.1. The molecule has 1 atom stereocenters. The van der Waals surface area contributed by atoms with Gasteiger partial charge in [-0.05, 0) is 48.4 Å². The number of hydrogen-bond acceptors (Lipinski definition) is 2. The molecule has 5 heteroatoms. The Hall–Kier alpha value is -3.47. The number of para-hydroxylation sites is 2. The molecule has 1 aliphatic rings. The second kappa shape index (κ2) is 7.75. The lowest BCUT2D eigenvalue weighted by molar-refractivity contribution is -0.117. The summed E-state index contributed by atoms with van der Waals surface area (Å²) in [4.78, 5) is 19.4. The van der Waals surface area contributed by atoms with Crippen molar-refractivity contribution >= 4 is 22.6 Å². The van der Waals surface area contributed by atoms with Gasteiger partial charge in [0.1, 0.15) is 11.6 Å². The Bertz CT molecular complexity index is 1180. The third-order valence-electron chi connectivity index (χ3n) is 5.78. The van der Waals surface area contributed by atoms with E-state index in [1.54, 1.807) is 17.0 Å². The monoisotopic (exact) mass is 399 g/mol. The number of anilines is 1. The van der Waals surface area contributed by atoms with Gasteiger partial charge in [0.2, 0.25) is 5.91 Å². The van der Waals surface area contributed by atoms with Crippen LogP contribution in [0.2, 0.25) is 0 Å². The quantitative estimate of drug-likeness (QED) is 0.477. The summed E-state index contributed by atoms with van der Waals surface area (Å²) in [6.07, 6.45) is 1.31. The second-order valence-electron chi connectivity index (χ2n) is 7.73. The number of halogens is 1. The normalized spacial score (nSPS) is 16.5. The van der Waals surface area contributed by atoms with Crippen molar-refractivity contribution in [2.24, 2.45) is 0 Å². The van der Waals surface area contributed by atoms with E-state index >= 15 is 0 Å². The number of carbonyl (C=O) groups is 1. The third kappa shape index (κ3) is 3.47. The van der Waals surface area contributed by atoms with Crippen LogP contribution in [-0.2, 0) is 17.8 Å². The molecule has 0 radical (unpaired) electrons. The molecule has 2 heterocycles. The number of carbonyl (C=O) groups excluding carboxylic acids is 1. The number of amides is 1. The Kier molecular flexibility index (Phi) is 4.79. The molecule has 150 valence electrons. The standard InChI is InChI=1S/C25H22FN3O/c26-20-10-12-21(13-11-20)29-17-19(16-24(29)30)25-27-22-8-4-5-9-23(22)28(25)15-14-18-6-2-1-3-7-18/h1-13,19H,14-17H2/t19-/m1/s1. The molecule has 0 N–H and O–H groups in total. The topological polar surface area (TPSA) is 38.1 Å². The van der Waals surface area contributed by atoms with E-state index in [1.165, 1.54) is 17.7 Å². The molecule has 30 heavy (non-hydrogen) atoms. The van der Waals surface area contributed by atoms with Gasteiger partial charge >= 0.3 is 0 Å². The SMILES string of the molecule is O=C1C[C@@H](c2nc3ccccc3n2CCc2ccccc2)CN1c1ccc(F)cc1. The highest BCUT2D eigenvalue weighted by atomic mass is 19.1. The van der Waals surface area contributed by atoms with E-state index in [0.717, 1.165) is 35.5 Å². The van der Waals surface area contributed by atoms with Gasteiger partial charge in [0.15, 0.2) is 0 Å². The van der Waals surface area contributed by atoms with Crippen LogP contribution in [0.5, 0.6) is 0 Å². The Morgan fingerprint density at radius 3 is 2.47 bits per heavy atom. The molecule has 1 amide bonds. The largest absolute Gasteiger partial charge is 0.327 e.